The molecule has 1 heterocycles. The average Bonchev–Trinajstić information content (AvgIpc) is 2.32. The first-order valence-electron chi connectivity index (χ1n) is 5.27. The molecular formula is C11H11N3O3. The smallest absolute Gasteiger partial charge is 0.271 e. The van der Waals surface area contributed by atoms with Crippen LogP contribution >= 0.6 is 0 Å². The van der Waals surface area contributed by atoms with Crippen molar-refractivity contribution in [1.29, 1.82) is 0 Å². The lowest BCUT2D eigenvalue weighted by Crippen LogP contribution is -2.20. The van der Waals surface area contributed by atoms with Crippen molar-refractivity contribution in [3.8, 4) is 0 Å². The highest BCUT2D eigenvalue weighted by Gasteiger charge is 2.09. The van der Waals surface area contributed by atoms with E-state index in [1.165, 1.54) is 29.1 Å². The molecule has 0 unspecified atom stereocenters. The van der Waals surface area contributed by atoms with Crippen LogP contribution in [0.5, 0.6) is 0 Å². The zero-order chi connectivity index (χ0) is 12.4. The summed E-state index contributed by atoms with van der Waals surface area (Å²) >= 11 is 0. The Morgan fingerprint density at radius 3 is 2.88 bits per heavy atom. The molecular weight excluding hydrogens is 222 g/mol. The van der Waals surface area contributed by atoms with Crippen LogP contribution in [0.2, 0.25) is 0 Å². The molecule has 6 nitrogen and oxygen atoms in total. The van der Waals surface area contributed by atoms with Crippen molar-refractivity contribution >= 4 is 16.6 Å². The van der Waals surface area contributed by atoms with Crippen LogP contribution in [0.3, 0.4) is 0 Å². The van der Waals surface area contributed by atoms with Gasteiger partial charge in [-0.05, 0) is 12.5 Å². The number of benzene rings is 1. The highest BCUT2D eigenvalue weighted by atomic mass is 16.6. The maximum atomic E-state index is 12.0. The Bertz CT molecular complexity index is 633. The first kappa shape index (κ1) is 11.3. The molecule has 6 heteroatoms. The highest BCUT2D eigenvalue weighted by molar-refractivity contribution is 5.79. The summed E-state index contributed by atoms with van der Waals surface area (Å²) in [6.45, 7) is 2.56. The molecule has 0 N–H and O–H groups in total. The van der Waals surface area contributed by atoms with Gasteiger partial charge < -0.3 is 0 Å². The quantitative estimate of drug-likeness (QED) is 0.597. The second-order valence-corrected chi connectivity index (χ2v) is 3.70. The second-order valence-electron chi connectivity index (χ2n) is 3.70. The number of non-ortho nitro benzene ring substituents is 1. The Morgan fingerprint density at radius 2 is 2.24 bits per heavy atom. The largest absolute Gasteiger partial charge is 0.299 e. The van der Waals surface area contributed by atoms with Crippen LogP contribution in [0.15, 0.2) is 29.3 Å². The van der Waals surface area contributed by atoms with E-state index in [-0.39, 0.29) is 11.2 Å². The SMILES string of the molecule is CCCn1cnc2cc([N+](=O)[O-])ccc2c1=O. The molecule has 17 heavy (non-hydrogen) atoms. The zero-order valence-electron chi connectivity index (χ0n) is 9.29. The molecule has 0 saturated heterocycles. The van der Waals surface area contributed by atoms with E-state index in [0.29, 0.717) is 17.4 Å². The van der Waals surface area contributed by atoms with Gasteiger partial charge in [-0.25, -0.2) is 4.98 Å². The van der Waals surface area contributed by atoms with Crippen molar-refractivity contribution in [3.63, 3.8) is 0 Å². The average molecular weight is 233 g/mol. The van der Waals surface area contributed by atoms with Crippen molar-refractivity contribution in [2.45, 2.75) is 19.9 Å². The fourth-order valence-corrected chi connectivity index (χ4v) is 1.66. The van der Waals surface area contributed by atoms with E-state index < -0.39 is 4.92 Å². The van der Waals surface area contributed by atoms with E-state index in [1.54, 1.807) is 0 Å². The fourth-order valence-electron chi connectivity index (χ4n) is 1.66. The van der Waals surface area contributed by atoms with Crippen LogP contribution in [0.25, 0.3) is 10.9 Å². The third kappa shape index (κ3) is 2.01. The Hall–Kier alpha value is -2.24. The van der Waals surface area contributed by atoms with Gasteiger partial charge in [0.15, 0.2) is 0 Å². The van der Waals surface area contributed by atoms with Gasteiger partial charge in [-0.3, -0.25) is 19.5 Å². The molecule has 2 rings (SSSR count). The van der Waals surface area contributed by atoms with Gasteiger partial charge >= 0.3 is 0 Å². The van der Waals surface area contributed by atoms with Gasteiger partial charge in [0, 0.05) is 18.7 Å². The van der Waals surface area contributed by atoms with Crippen molar-refractivity contribution < 1.29 is 4.92 Å². The van der Waals surface area contributed by atoms with Crippen molar-refractivity contribution in [1.82, 2.24) is 9.55 Å². The van der Waals surface area contributed by atoms with Gasteiger partial charge in [0.1, 0.15) is 0 Å². The van der Waals surface area contributed by atoms with E-state index in [0.717, 1.165) is 6.42 Å². The molecule has 2 aromatic rings. The van der Waals surface area contributed by atoms with Crippen molar-refractivity contribution in [2.75, 3.05) is 0 Å². The lowest BCUT2D eigenvalue weighted by Gasteiger charge is -2.04. The van der Waals surface area contributed by atoms with Crippen LogP contribution in [-0.2, 0) is 6.54 Å². The molecule has 1 aromatic heterocycles. The predicted octanol–water partition coefficient (Wildman–Crippen LogP) is 1.71. The molecule has 0 aliphatic carbocycles. The van der Waals surface area contributed by atoms with Crippen LogP contribution in [0, 0.1) is 10.1 Å². The lowest BCUT2D eigenvalue weighted by molar-refractivity contribution is -0.384. The Balaban J connectivity index is 2.64. The number of nitrogens with zero attached hydrogens (tertiary/aromatic N) is 3. The van der Waals surface area contributed by atoms with Crippen molar-refractivity contribution in [3.05, 3.63) is 45.0 Å². The molecule has 88 valence electrons. The zero-order valence-corrected chi connectivity index (χ0v) is 9.29. The number of aryl methyl sites for hydroxylation is 1. The summed E-state index contributed by atoms with van der Waals surface area (Å²) in [7, 11) is 0. The number of fused-ring (bicyclic) bond motifs is 1. The fraction of sp³-hybridized carbons (Fsp3) is 0.273. The van der Waals surface area contributed by atoms with E-state index in [9.17, 15) is 14.9 Å². The molecule has 0 fully saturated rings. The molecule has 1 aromatic carbocycles. The number of nitro groups is 1. The molecule has 0 amide bonds. The first-order chi connectivity index (χ1) is 8.13. The van der Waals surface area contributed by atoms with E-state index in [4.69, 9.17) is 0 Å². The molecule has 0 spiro atoms. The second kappa shape index (κ2) is 4.32. The number of aromatic nitrogens is 2. The maximum absolute atomic E-state index is 12.0. The Labute approximate surface area is 96.7 Å². The van der Waals surface area contributed by atoms with Gasteiger partial charge in [0.25, 0.3) is 11.2 Å². The summed E-state index contributed by atoms with van der Waals surface area (Å²) in [6.07, 6.45) is 2.26. The van der Waals surface area contributed by atoms with E-state index in [1.807, 2.05) is 6.92 Å². The molecule has 0 aliphatic rings. The number of rotatable bonds is 3. The monoisotopic (exact) mass is 233 g/mol. The number of hydrogen-bond donors (Lipinski definition) is 0. The van der Waals surface area contributed by atoms with Crippen LogP contribution in [-0.4, -0.2) is 14.5 Å². The standard InChI is InChI=1S/C11H11N3O3/c1-2-5-13-7-12-10-6-8(14(16)17)3-4-9(10)11(13)15/h3-4,6-7H,2,5H2,1H3. The van der Waals surface area contributed by atoms with Gasteiger partial charge in [-0.2, -0.15) is 0 Å². The summed E-state index contributed by atoms with van der Waals surface area (Å²) in [5.41, 5.74) is 0.140. The molecule has 0 atom stereocenters. The minimum atomic E-state index is -0.501. The van der Waals surface area contributed by atoms with Gasteiger partial charge in [-0.15, -0.1) is 0 Å². The van der Waals surface area contributed by atoms with Gasteiger partial charge in [-0.1, -0.05) is 6.92 Å². The topological polar surface area (TPSA) is 78.0 Å². The van der Waals surface area contributed by atoms with Crippen LogP contribution in [0.1, 0.15) is 13.3 Å². The molecule has 0 aliphatic heterocycles. The molecule has 0 radical (unpaired) electrons. The van der Waals surface area contributed by atoms with Gasteiger partial charge in [0.05, 0.1) is 22.2 Å². The predicted molar refractivity (Wildman–Crippen MR) is 62.9 cm³/mol. The normalized spacial score (nSPS) is 10.6. The molecule has 0 saturated carbocycles. The number of nitro benzene ring substituents is 1. The van der Waals surface area contributed by atoms with Crippen LogP contribution in [0.4, 0.5) is 5.69 Å². The minimum absolute atomic E-state index is 0.0577. The number of hydrogen-bond acceptors (Lipinski definition) is 4. The van der Waals surface area contributed by atoms with Gasteiger partial charge in [0.2, 0.25) is 0 Å². The Kier molecular flexibility index (Phi) is 2.86. The highest BCUT2D eigenvalue weighted by Crippen LogP contribution is 2.16. The summed E-state index contributed by atoms with van der Waals surface area (Å²) in [5, 5.41) is 11.0. The minimum Gasteiger partial charge on any atom is -0.299 e. The summed E-state index contributed by atoms with van der Waals surface area (Å²) in [6, 6.07) is 4.09. The van der Waals surface area contributed by atoms with E-state index in [2.05, 4.69) is 4.98 Å². The summed E-state index contributed by atoms with van der Waals surface area (Å²) in [4.78, 5) is 26.1. The van der Waals surface area contributed by atoms with Crippen LogP contribution < -0.4 is 5.56 Å². The lowest BCUT2D eigenvalue weighted by atomic mass is 10.2. The first-order valence-corrected chi connectivity index (χ1v) is 5.27. The maximum Gasteiger partial charge on any atom is 0.271 e. The van der Waals surface area contributed by atoms with Crippen molar-refractivity contribution in [2.24, 2.45) is 0 Å². The van der Waals surface area contributed by atoms with E-state index >= 15 is 0 Å². The summed E-state index contributed by atoms with van der Waals surface area (Å²) < 4.78 is 1.51. The molecule has 0 bridgehead atoms. The third-order valence-electron chi connectivity index (χ3n) is 2.48. The summed E-state index contributed by atoms with van der Waals surface area (Å²) in [5.74, 6) is 0. The third-order valence-corrected chi connectivity index (χ3v) is 2.48. The Morgan fingerprint density at radius 1 is 1.47 bits per heavy atom.